The van der Waals surface area contributed by atoms with Crippen LogP contribution in [0.5, 0.6) is 0 Å². The first-order valence-corrected chi connectivity index (χ1v) is 13.8. The van der Waals surface area contributed by atoms with Gasteiger partial charge >= 0.3 is 0 Å². The molecule has 1 aliphatic heterocycles. The first-order valence-electron chi connectivity index (χ1n) is 13.0. The summed E-state index contributed by atoms with van der Waals surface area (Å²) in [5.41, 5.74) is 5.11. The van der Waals surface area contributed by atoms with Crippen LogP contribution in [-0.4, -0.2) is 54.7 Å². The Morgan fingerprint density at radius 1 is 1.05 bits per heavy atom. The van der Waals surface area contributed by atoms with Crippen LogP contribution in [0.4, 0.5) is 11.5 Å². The first-order chi connectivity index (χ1) is 19.1. The van der Waals surface area contributed by atoms with Crippen molar-refractivity contribution in [1.29, 1.82) is 0 Å². The summed E-state index contributed by atoms with van der Waals surface area (Å²) in [7, 11) is 1.94. The highest BCUT2D eigenvalue weighted by atomic mass is 32.2. The molecule has 1 saturated heterocycles. The van der Waals surface area contributed by atoms with Crippen molar-refractivity contribution in [2.45, 2.75) is 30.6 Å². The number of rotatable bonds is 7. The lowest BCUT2D eigenvalue weighted by Crippen LogP contribution is -2.27. The molecule has 198 valence electrons. The molecular weight excluding hydrogens is 508 g/mol. The van der Waals surface area contributed by atoms with Gasteiger partial charge in [-0.05, 0) is 68.1 Å². The van der Waals surface area contributed by atoms with E-state index >= 15 is 0 Å². The zero-order chi connectivity index (χ0) is 26.8. The maximum Gasteiger partial charge on any atom is 0.262 e. The van der Waals surface area contributed by atoms with E-state index in [9.17, 15) is 4.79 Å². The molecular formula is C29H30N8OS. The standard InChI is InChI=1S/C29H30N8OS/c1-20-7-9-23(10-8-20)37-27(33-29(38)25-19-32-36-14-4-13-31-28(25)36)18-26(34-37)21-11-15-35(16-12-21)39-24-6-3-5-22(17-24)30-2/h3-10,13-14,17-19,21,30H,11-12,15-16H2,1-2H3,(H,33,38). The number of carbonyl (C=O) groups excluding carboxylic acids is 1. The summed E-state index contributed by atoms with van der Waals surface area (Å²) >= 11 is 1.80. The Labute approximate surface area is 231 Å². The van der Waals surface area contributed by atoms with Crippen LogP contribution in [0.1, 0.15) is 40.4 Å². The minimum Gasteiger partial charge on any atom is -0.388 e. The van der Waals surface area contributed by atoms with E-state index in [2.05, 4.69) is 68.3 Å². The van der Waals surface area contributed by atoms with Gasteiger partial charge in [0.25, 0.3) is 5.91 Å². The molecule has 0 atom stereocenters. The summed E-state index contributed by atoms with van der Waals surface area (Å²) in [6.07, 6.45) is 6.97. The molecule has 1 fully saturated rings. The first kappa shape index (κ1) is 25.1. The molecule has 2 aromatic carbocycles. The van der Waals surface area contributed by atoms with E-state index in [0.29, 0.717) is 22.9 Å². The Kier molecular flexibility index (Phi) is 7.04. The van der Waals surface area contributed by atoms with Crippen LogP contribution in [0.2, 0.25) is 0 Å². The topological polar surface area (TPSA) is 92.4 Å². The minimum atomic E-state index is -0.265. The van der Waals surface area contributed by atoms with Gasteiger partial charge in [0, 0.05) is 55.1 Å². The third-order valence-electron chi connectivity index (χ3n) is 7.00. The van der Waals surface area contributed by atoms with E-state index in [1.807, 2.05) is 29.9 Å². The second kappa shape index (κ2) is 10.9. The van der Waals surface area contributed by atoms with Crippen LogP contribution in [0.3, 0.4) is 0 Å². The molecule has 3 aromatic heterocycles. The van der Waals surface area contributed by atoms with Gasteiger partial charge in [0.05, 0.1) is 17.6 Å². The molecule has 4 heterocycles. The summed E-state index contributed by atoms with van der Waals surface area (Å²) < 4.78 is 5.84. The fraction of sp³-hybridized carbons (Fsp3) is 0.241. The number of aryl methyl sites for hydroxylation is 1. The molecule has 5 aromatic rings. The Morgan fingerprint density at radius 2 is 1.87 bits per heavy atom. The molecule has 0 bridgehead atoms. The molecule has 1 amide bonds. The average Bonchev–Trinajstić information content (AvgIpc) is 3.59. The summed E-state index contributed by atoms with van der Waals surface area (Å²) in [4.78, 5) is 18.9. The van der Waals surface area contributed by atoms with Crippen molar-refractivity contribution >= 4 is 35.0 Å². The number of carbonyl (C=O) groups is 1. The van der Waals surface area contributed by atoms with E-state index < -0.39 is 0 Å². The van der Waals surface area contributed by atoms with Gasteiger partial charge in [-0.3, -0.25) is 4.79 Å². The molecule has 0 aliphatic carbocycles. The van der Waals surface area contributed by atoms with Crippen molar-refractivity contribution in [2.75, 3.05) is 30.8 Å². The van der Waals surface area contributed by atoms with E-state index in [1.54, 1.807) is 41.1 Å². The third kappa shape index (κ3) is 5.39. The van der Waals surface area contributed by atoms with Gasteiger partial charge in [-0.25, -0.2) is 18.5 Å². The third-order valence-corrected chi connectivity index (χ3v) is 8.09. The summed E-state index contributed by atoms with van der Waals surface area (Å²) in [6.45, 7) is 3.98. The highest BCUT2D eigenvalue weighted by Gasteiger charge is 2.26. The maximum absolute atomic E-state index is 13.3. The molecule has 0 radical (unpaired) electrons. The summed E-state index contributed by atoms with van der Waals surface area (Å²) in [5, 5.41) is 15.5. The van der Waals surface area contributed by atoms with Crippen LogP contribution in [-0.2, 0) is 0 Å². The number of anilines is 2. The van der Waals surface area contributed by atoms with Crippen molar-refractivity contribution in [3.63, 3.8) is 0 Å². The molecule has 0 saturated carbocycles. The summed E-state index contributed by atoms with van der Waals surface area (Å²) in [5.74, 6) is 0.680. The fourth-order valence-corrected chi connectivity index (χ4v) is 5.85. The van der Waals surface area contributed by atoms with E-state index in [4.69, 9.17) is 5.10 Å². The van der Waals surface area contributed by atoms with Crippen LogP contribution in [0.25, 0.3) is 11.3 Å². The molecule has 0 unspecified atom stereocenters. The number of fused-ring (bicyclic) bond motifs is 1. The second-order valence-corrected chi connectivity index (χ2v) is 10.8. The highest BCUT2D eigenvalue weighted by Crippen LogP contribution is 2.35. The molecule has 1 aliphatic rings. The molecule has 39 heavy (non-hydrogen) atoms. The van der Waals surface area contributed by atoms with Crippen LogP contribution >= 0.6 is 11.9 Å². The lowest BCUT2D eigenvalue weighted by atomic mass is 9.95. The Bertz CT molecular complexity index is 1600. The number of aromatic nitrogens is 5. The van der Waals surface area contributed by atoms with Crippen molar-refractivity contribution in [2.24, 2.45) is 0 Å². The largest absolute Gasteiger partial charge is 0.388 e. The zero-order valence-corrected chi connectivity index (χ0v) is 22.7. The van der Waals surface area contributed by atoms with Crippen LogP contribution in [0, 0.1) is 6.92 Å². The van der Waals surface area contributed by atoms with E-state index in [0.717, 1.165) is 43.0 Å². The smallest absolute Gasteiger partial charge is 0.262 e. The van der Waals surface area contributed by atoms with Gasteiger partial charge in [-0.2, -0.15) is 10.2 Å². The normalized spacial score (nSPS) is 14.5. The van der Waals surface area contributed by atoms with Crippen LogP contribution in [0.15, 0.2) is 84.1 Å². The molecule has 6 rings (SSSR count). The lowest BCUT2D eigenvalue weighted by Gasteiger charge is -2.30. The Morgan fingerprint density at radius 3 is 2.67 bits per heavy atom. The quantitative estimate of drug-likeness (QED) is 0.268. The maximum atomic E-state index is 13.3. The number of piperidine rings is 1. The minimum absolute atomic E-state index is 0.265. The van der Waals surface area contributed by atoms with E-state index in [1.165, 1.54) is 10.5 Å². The zero-order valence-electron chi connectivity index (χ0n) is 21.9. The number of hydrogen-bond acceptors (Lipinski definition) is 7. The monoisotopic (exact) mass is 538 g/mol. The number of benzene rings is 2. The number of amides is 1. The predicted molar refractivity (Wildman–Crippen MR) is 155 cm³/mol. The van der Waals surface area contributed by atoms with Crippen LogP contribution < -0.4 is 10.6 Å². The fourth-order valence-electron chi connectivity index (χ4n) is 4.84. The Balaban J connectivity index is 1.22. The number of hydrogen-bond donors (Lipinski definition) is 2. The lowest BCUT2D eigenvalue weighted by molar-refractivity contribution is 0.102. The summed E-state index contributed by atoms with van der Waals surface area (Å²) in [6, 6.07) is 20.4. The Hall–Kier alpha value is -4.15. The molecule has 2 N–H and O–H groups in total. The van der Waals surface area contributed by atoms with Gasteiger partial charge in [0.2, 0.25) is 0 Å². The molecule has 9 nitrogen and oxygen atoms in total. The molecule has 10 heteroatoms. The van der Waals surface area contributed by atoms with Gasteiger partial charge in [0.15, 0.2) is 5.65 Å². The highest BCUT2D eigenvalue weighted by molar-refractivity contribution is 7.97. The van der Waals surface area contributed by atoms with Gasteiger partial charge in [-0.15, -0.1) is 0 Å². The average molecular weight is 539 g/mol. The van der Waals surface area contributed by atoms with Crippen molar-refractivity contribution in [3.05, 3.63) is 96.1 Å². The van der Waals surface area contributed by atoms with E-state index in [-0.39, 0.29) is 5.91 Å². The number of nitrogens with one attached hydrogen (secondary N) is 2. The second-order valence-electron chi connectivity index (χ2n) is 9.67. The predicted octanol–water partition coefficient (Wildman–Crippen LogP) is 5.40. The van der Waals surface area contributed by atoms with Gasteiger partial charge < -0.3 is 10.6 Å². The van der Waals surface area contributed by atoms with Gasteiger partial charge in [-0.1, -0.05) is 23.8 Å². The van der Waals surface area contributed by atoms with Gasteiger partial charge in [0.1, 0.15) is 11.4 Å². The molecule has 0 spiro atoms. The van der Waals surface area contributed by atoms with Crippen molar-refractivity contribution in [3.8, 4) is 5.69 Å². The SMILES string of the molecule is CNc1cccc(SN2CCC(c3cc(NC(=O)c4cnn5cccnc45)n(-c4ccc(C)cc4)n3)CC2)c1. The van der Waals surface area contributed by atoms with Crippen molar-refractivity contribution < 1.29 is 4.79 Å². The van der Waals surface area contributed by atoms with Crippen molar-refractivity contribution in [1.82, 2.24) is 28.7 Å². The number of nitrogens with zero attached hydrogens (tertiary/aromatic N) is 6.